The van der Waals surface area contributed by atoms with Crippen molar-refractivity contribution >= 4 is 17.6 Å². The number of hydrogen-bond acceptors (Lipinski definition) is 8. The van der Waals surface area contributed by atoms with E-state index in [1.54, 1.807) is 5.12 Å². The van der Waals surface area contributed by atoms with E-state index in [1.165, 1.54) is 35.5 Å². The number of amidine groups is 1. The predicted molar refractivity (Wildman–Crippen MR) is 147 cm³/mol. The third-order valence-corrected chi connectivity index (χ3v) is 8.35. The van der Waals surface area contributed by atoms with Crippen molar-refractivity contribution in [1.29, 1.82) is 0 Å². The summed E-state index contributed by atoms with van der Waals surface area (Å²) in [4.78, 5) is 0. The number of hydrogen-bond donors (Lipinski definition) is 3. The zero-order valence-electron chi connectivity index (χ0n) is 21.6. The molecular formula is C27H38N8S. The fourth-order valence-corrected chi connectivity index (χ4v) is 5.86. The van der Waals surface area contributed by atoms with Gasteiger partial charge >= 0.3 is 0 Å². The molecule has 3 N–H and O–H groups in total. The summed E-state index contributed by atoms with van der Waals surface area (Å²) in [6.07, 6.45) is 6.74. The van der Waals surface area contributed by atoms with Crippen LogP contribution in [-0.4, -0.2) is 50.1 Å². The van der Waals surface area contributed by atoms with Crippen LogP contribution in [0.1, 0.15) is 69.3 Å². The summed E-state index contributed by atoms with van der Waals surface area (Å²) in [7, 11) is 1.93. The maximum atomic E-state index is 4.54. The number of aromatic nitrogens is 4. The van der Waals surface area contributed by atoms with E-state index < -0.39 is 0 Å². The average Bonchev–Trinajstić information content (AvgIpc) is 3.61. The van der Waals surface area contributed by atoms with Crippen molar-refractivity contribution in [3.05, 3.63) is 77.6 Å². The van der Waals surface area contributed by atoms with Crippen LogP contribution >= 0.6 is 11.8 Å². The van der Waals surface area contributed by atoms with Gasteiger partial charge in [0.1, 0.15) is 5.84 Å². The van der Waals surface area contributed by atoms with Gasteiger partial charge in [-0.05, 0) is 62.2 Å². The molecule has 1 aromatic heterocycles. The molecule has 2 heterocycles. The van der Waals surface area contributed by atoms with Gasteiger partial charge < -0.3 is 0 Å². The minimum atomic E-state index is -0.221. The van der Waals surface area contributed by atoms with Gasteiger partial charge in [-0.25, -0.2) is 5.53 Å². The maximum absolute atomic E-state index is 4.54. The Kier molecular flexibility index (Phi) is 8.98. The van der Waals surface area contributed by atoms with E-state index in [1.807, 2.05) is 13.1 Å². The first kappa shape index (κ1) is 26.2. The Morgan fingerprint density at radius 2 is 1.39 bits per heavy atom. The van der Waals surface area contributed by atoms with Crippen LogP contribution in [0.2, 0.25) is 0 Å². The largest absolute Gasteiger partial charge is 0.286 e. The molecule has 36 heavy (non-hydrogen) atoms. The molecule has 0 fully saturated rings. The van der Waals surface area contributed by atoms with Crippen molar-refractivity contribution in [1.82, 2.24) is 36.7 Å². The van der Waals surface area contributed by atoms with Gasteiger partial charge in [-0.3, -0.25) is 5.43 Å². The summed E-state index contributed by atoms with van der Waals surface area (Å²) < 4.78 is 0. The van der Waals surface area contributed by atoms with E-state index in [9.17, 15) is 0 Å². The van der Waals surface area contributed by atoms with Crippen LogP contribution in [0.15, 0.2) is 65.8 Å². The number of nitrogens with one attached hydrogen (secondary N) is 3. The fourth-order valence-electron chi connectivity index (χ4n) is 4.84. The number of H-pyrrole nitrogens is 1. The van der Waals surface area contributed by atoms with Crippen molar-refractivity contribution < 1.29 is 0 Å². The highest BCUT2D eigenvalue weighted by Gasteiger charge is 2.35. The molecule has 2 unspecified atom stereocenters. The molecule has 1 aliphatic rings. The molecule has 8 nitrogen and oxygen atoms in total. The van der Waals surface area contributed by atoms with Gasteiger partial charge in [-0.1, -0.05) is 78.7 Å². The number of aromatic amines is 1. The molecule has 1 aliphatic heterocycles. The van der Waals surface area contributed by atoms with Gasteiger partial charge in [-0.15, -0.1) is 20.4 Å². The summed E-state index contributed by atoms with van der Waals surface area (Å²) >= 11 is 2.06. The first-order valence-electron chi connectivity index (χ1n) is 12.8. The lowest BCUT2D eigenvalue weighted by molar-refractivity contribution is 0.229. The minimum Gasteiger partial charge on any atom is -0.286 e. The van der Waals surface area contributed by atoms with E-state index in [-0.39, 0.29) is 10.8 Å². The standard InChI is InChI=1S/C27H38N8S/c1-26(24-28-32-33-29-24,22-14-6-4-7-15-22)18-10-12-20-36-21-13-11-19-27(2,23-16-8-5-9-17-23)25-30-34-35(3)31-25/h4-9,14-17,34H,10-13,18-21H2,1-3H3,(H,30,31)(H,28,29,32,33). The molecule has 0 bridgehead atoms. The van der Waals surface area contributed by atoms with Crippen molar-refractivity contribution in [2.45, 2.75) is 63.2 Å². The van der Waals surface area contributed by atoms with Crippen LogP contribution in [0, 0.1) is 0 Å². The Hall–Kier alpha value is -2.91. The molecule has 0 spiro atoms. The van der Waals surface area contributed by atoms with Gasteiger partial charge in [0.15, 0.2) is 5.82 Å². The molecule has 2 atom stereocenters. The summed E-state index contributed by atoms with van der Waals surface area (Å²) in [5, 5.41) is 21.4. The summed E-state index contributed by atoms with van der Waals surface area (Å²) in [5.74, 6) is 4.11. The van der Waals surface area contributed by atoms with Crippen LogP contribution in [0.3, 0.4) is 0 Å². The van der Waals surface area contributed by atoms with Crippen molar-refractivity contribution in [3.63, 3.8) is 0 Å². The van der Waals surface area contributed by atoms with E-state index >= 15 is 0 Å². The summed E-state index contributed by atoms with van der Waals surface area (Å²) in [6, 6.07) is 21.2. The van der Waals surface area contributed by atoms with E-state index in [0.717, 1.165) is 37.3 Å². The van der Waals surface area contributed by atoms with Crippen molar-refractivity contribution in [3.8, 4) is 0 Å². The van der Waals surface area contributed by atoms with Crippen LogP contribution in [-0.2, 0) is 10.8 Å². The van der Waals surface area contributed by atoms with E-state index in [0.29, 0.717) is 0 Å². The number of nitrogens with zero attached hydrogens (tertiary/aromatic N) is 5. The second kappa shape index (κ2) is 12.4. The molecule has 4 rings (SSSR count). The van der Waals surface area contributed by atoms with E-state index in [2.05, 4.69) is 117 Å². The Bertz CT molecular complexity index is 1080. The van der Waals surface area contributed by atoms with Gasteiger partial charge in [0.25, 0.3) is 0 Å². The lowest BCUT2D eigenvalue weighted by atomic mass is 9.77. The Morgan fingerprint density at radius 3 is 1.92 bits per heavy atom. The van der Waals surface area contributed by atoms with Crippen LogP contribution in [0.25, 0.3) is 0 Å². The predicted octanol–water partition coefficient (Wildman–Crippen LogP) is 4.81. The number of unbranched alkanes of at least 4 members (excludes halogenated alkanes) is 2. The minimum absolute atomic E-state index is 0.138. The monoisotopic (exact) mass is 506 g/mol. The molecule has 9 heteroatoms. The lowest BCUT2D eigenvalue weighted by Crippen LogP contribution is -2.45. The fraction of sp³-hybridized carbons (Fsp3) is 0.481. The molecule has 192 valence electrons. The molecule has 0 saturated carbocycles. The van der Waals surface area contributed by atoms with Gasteiger partial charge in [0.2, 0.25) is 0 Å². The van der Waals surface area contributed by atoms with Gasteiger partial charge in [0.05, 0.1) is 10.8 Å². The number of benzene rings is 2. The normalized spacial score (nSPS) is 17.0. The second-order valence-corrected chi connectivity index (χ2v) is 11.1. The highest BCUT2D eigenvalue weighted by Crippen LogP contribution is 2.35. The number of hydrazine groups is 2. The van der Waals surface area contributed by atoms with Crippen LogP contribution in [0.4, 0.5) is 0 Å². The van der Waals surface area contributed by atoms with E-state index in [4.69, 9.17) is 0 Å². The number of thioether (sulfide) groups is 1. The smallest absolute Gasteiger partial charge is 0.184 e. The molecule has 0 radical (unpaired) electrons. The molecule has 2 aromatic carbocycles. The van der Waals surface area contributed by atoms with Crippen LogP contribution < -0.4 is 11.0 Å². The van der Waals surface area contributed by atoms with Gasteiger partial charge in [-0.2, -0.15) is 17.0 Å². The molecular weight excluding hydrogens is 468 g/mol. The topological polar surface area (TPSA) is 94.1 Å². The quantitative estimate of drug-likeness (QED) is 0.270. The number of hydrazone groups is 1. The maximum Gasteiger partial charge on any atom is 0.184 e. The third-order valence-electron chi connectivity index (χ3n) is 7.20. The number of tetrazole rings is 1. The summed E-state index contributed by atoms with van der Waals surface area (Å²) in [6.45, 7) is 4.51. The zero-order chi connectivity index (χ0) is 25.3. The van der Waals surface area contributed by atoms with Crippen molar-refractivity contribution in [2.75, 3.05) is 18.6 Å². The number of rotatable bonds is 14. The Morgan fingerprint density at radius 1 is 0.806 bits per heavy atom. The first-order valence-corrected chi connectivity index (χ1v) is 13.9. The zero-order valence-corrected chi connectivity index (χ0v) is 22.4. The average molecular weight is 507 g/mol. The van der Waals surface area contributed by atoms with Crippen molar-refractivity contribution in [2.24, 2.45) is 5.10 Å². The molecule has 0 aliphatic carbocycles. The molecule has 3 aromatic rings. The Labute approximate surface area is 218 Å². The SMILES string of the molecule is CN1NN=C(C(C)(CCCCSCCCCC(C)(c2ccccc2)c2nn[nH]n2)c2ccccc2)N1. The highest BCUT2D eigenvalue weighted by molar-refractivity contribution is 7.99. The molecule has 0 saturated heterocycles. The van der Waals surface area contributed by atoms with Gasteiger partial charge in [0, 0.05) is 7.05 Å². The van der Waals surface area contributed by atoms with Crippen LogP contribution in [0.5, 0.6) is 0 Å². The molecule has 0 amide bonds. The Balaban J connectivity index is 1.20. The lowest BCUT2D eigenvalue weighted by Gasteiger charge is -2.30. The summed E-state index contributed by atoms with van der Waals surface area (Å²) in [5.41, 5.74) is 8.53. The highest BCUT2D eigenvalue weighted by atomic mass is 32.2. The second-order valence-electron chi connectivity index (χ2n) is 9.89. The first-order chi connectivity index (χ1) is 17.5. The third kappa shape index (κ3) is 6.25.